The fraction of sp³-hybridized carbons (Fsp3) is 0.0500. The van der Waals surface area contributed by atoms with Crippen LogP contribution in [0.5, 0.6) is 0 Å². The second-order valence-corrected chi connectivity index (χ2v) is 11.0. The van der Waals surface area contributed by atoms with Crippen molar-refractivity contribution < 1.29 is 0 Å². The molecule has 1 aliphatic heterocycles. The topological polar surface area (TPSA) is 17.0 Å². The van der Waals surface area contributed by atoms with Gasteiger partial charge in [-0.25, -0.2) is 0 Å². The third kappa shape index (κ3) is 4.20. The molecule has 0 spiro atoms. The first-order valence-electron chi connectivity index (χ1n) is 14.6. The van der Waals surface area contributed by atoms with Gasteiger partial charge < -0.3 is 9.88 Å². The molecule has 0 fully saturated rings. The minimum Gasteiger partial charge on any atom is -0.364 e. The Kier molecular flexibility index (Phi) is 5.97. The molecule has 7 aromatic rings. The zero-order chi connectivity index (χ0) is 27.9. The maximum Gasteiger partial charge on any atom is 0.114 e. The van der Waals surface area contributed by atoms with Crippen LogP contribution in [0.2, 0.25) is 0 Å². The van der Waals surface area contributed by atoms with Gasteiger partial charge in [-0.2, -0.15) is 0 Å². The largest absolute Gasteiger partial charge is 0.364 e. The number of aromatic nitrogens is 1. The van der Waals surface area contributed by atoms with Gasteiger partial charge in [0.05, 0.1) is 11.0 Å². The lowest BCUT2D eigenvalue weighted by atomic mass is 9.94. The highest BCUT2D eigenvalue weighted by atomic mass is 15.2. The number of hydrogen-bond acceptors (Lipinski definition) is 1. The molecular formula is C40H30N2. The van der Waals surface area contributed by atoms with E-state index in [2.05, 4.69) is 174 Å². The molecule has 0 radical (unpaired) electrons. The summed E-state index contributed by atoms with van der Waals surface area (Å²) < 4.78 is 2.50. The normalized spacial score (nSPS) is 16.4. The lowest BCUT2D eigenvalue weighted by Crippen LogP contribution is -2.25. The summed E-state index contributed by atoms with van der Waals surface area (Å²) >= 11 is 0. The third-order valence-electron chi connectivity index (χ3n) is 8.59. The van der Waals surface area contributed by atoms with Gasteiger partial charge in [0.2, 0.25) is 0 Å². The van der Waals surface area contributed by atoms with Gasteiger partial charge >= 0.3 is 0 Å². The molecular weight excluding hydrogens is 508 g/mol. The van der Waals surface area contributed by atoms with Gasteiger partial charge in [-0.3, -0.25) is 0 Å². The lowest BCUT2D eigenvalue weighted by molar-refractivity contribution is 0.470. The second kappa shape index (κ2) is 10.2. The van der Waals surface area contributed by atoms with E-state index in [0.29, 0.717) is 0 Å². The molecule has 1 unspecified atom stereocenters. The summed E-state index contributed by atoms with van der Waals surface area (Å²) in [5.41, 5.74) is 11.1. The molecule has 2 nitrogen and oxygen atoms in total. The highest BCUT2D eigenvalue weighted by Gasteiger charge is 2.32. The van der Waals surface area contributed by atoms with Crippen molar-refractivity contribution in [2.75, 3.05) is 0 Å². The number of nitrogens with zero attached hydrogens (tertiary/aromatic N) is 1. The third-order valence-corrected chi connectivity index (χ3v) is 8.59. The number of nitrogens with one attached hydrogen (secondary N) is 1. The van der Waals surface area contributed by atoms with Gasteiger partial charge in [0.1, 0.15) is 6.17 Å². The Hall–Kier alpha value is -5.34. The van der Waals surface area contributed by atoms with Crippen LogP contribution in [0.25, 0.3) is 49.8 Å². The van der Waals surface area contributed by atoms with Crippen LogP contribution in [0, 0.1) is 0 Å². The standard InChI is InChI=1S/C40H30N2/c1-3-11-28(12-4-1)30-19-23-32(24-20-30)36-27-37(33-25-21-31(22-26-33)29-13-5-2-6-14-29)41-40(36)42-38-17-9-7-15-34(38)35-16-8-10-18-39(35)42/h1-27,36,40-41H/t36?,40-/m0/s1. The fourth-order valence-electron chi connectivity index (χ4n) is 6.50. The van der Waals surface area contributed by atoms with E-state index in [4.69, 9.17) is 0 Å². The van der Waals surface area contributed by atoms with Crippen molar-refractivity contribution in [2.24, 2.45) is 0 Å². The first kappa shape index (κ1) is 24.5. The molecule has 2 heterocycles. The quantitative estimate of drug-likeness (QED) is 0.231. The molecule has 8 rings (SSSR count). The highest BCUT2D eigenvalue weighted by Crippen LogP contribution is 2.43. The van der Waals surface area contributed by atoms with E-state index < -0.39 is 0 Å². The number of hydrogen-bond donors (Lipinski definition) is 1. The molecule has 1 aliphatic rings. The van der Waals surface area contributed by atoms with Gasteiger partial charge in [0.15, 0.2) is 0 Å². The second-order valence-electron chi connectivity index (χ2n) is 11.0. The van der Waals surface area contributed by atoms with Crippen LogP contribution in [-0.2, 0) is 0 Å². The van der Waals surface area contributed by atoms with Crippen molar-refractivity contribution in [3.05, 3.63) is 175 Å². The van der Waals surface area contributed by atoms with Gasteiger partial charge in [-0.05, 0) is 51.6 Å². The first-order chi connectivity index (χ1) is 20.8. The van der Waals surface area contributed by atoms with Gasteiger partial charge in [-0.15, -0.1) is 0 Å². The first-order valence-corrected chi connectivity index (χ1v) is 14.6. The molecule has 1 N–H and O–H groups in total. The van der Waals surface area contributed by atoms with Crippen molar-refractivity contribution in [3.8, 4) is 22.3 Å². The molecule has 6 aromatic carbocycles. The van der Waals surface area contributed by atoms with E-state index in [1.807, 2.05) is 0 Å². The molecule has 42 heavy (non-hydrogen) atoms. The van der Waals surface area contributed by atoms with Gasteiger partial charge in [0.25, 0.3) is 0 Å². The van der Waals surface area contributed by atoms with Crippen molar-refractivity contribution in [1.82, 2.24) is 9.88 Å². The predicted molar refractivity (Wildman–Crippen MR) is 176 cm³/mol. The summed E-state index contributed by atoms with van der Waals surface area (Å²) in [7, 11) is 0. The molecule has 2 atom stereocenters. The van der Waals surface area contributed by atoms with Crippen LogP contribution >= 0.6 is 0 Å². The maximum absolute atomic E-state index is 3.97. The van der Waals surface area contributed by atoms with Crippen LogP contribution in [-0.4, -0.2) is 4.57 Å². The Morgan fingerprint density at radius 3 is 1.38 bits per heavy atom. The molecule has 1 aromatic heterocycles. The Labute approximate surface area is 246 Å². The van der Waals surface area contributed by atoms with Crippen LogP contribution in [0.15, 0.2) is 164 Å². The summed E-state index contributed by atoms with van der Waals surface area (Å²) in [4.78, 5) is 0. The van der Waals surface area contributed by atoms with Gasteiger partial charge in [-0.1, -0.05) is 146 Å². The van der Waals surface area contributed by atoms with E-state index in [1.165, 1.54) is 60.9 Å². The molecule has 200 valence electrons. The Morgan fingerprint density at radius 1 is 0.405 bits per heavy atom. The van der Waals surface area contributed by atoms with E-state index in [-0.39, 0.29) is 12.1 Å². The summed E-state index contributed by atoms with van der Waals surface area (Å²) in [5.74, 6) is 0.151. The number of benzene rings is 6. The van der Waals surface area contributed by atoms with Crippen molar-refractivity contribution in [3.63, 3.8) is 0 Å². The van der Waals surface area contributed by atoms with Crippen molar-refractivity contribution >= 4 is 27.5 Å². The zero-order valence-corrected chi connectivity index (χ0v) is 23.2. The minimum absolute atomic E-state index is 0.0289. The zero-order valence-electron chi connectivity index (χ0n) is 23.2. The summed E-state index contributed by atoms with van der Waals surface area (Å²) in [6.07, 6.45) is 2.45. The predicted octanol–water partition coefficient (Wildman–Crippen LogP) is 10.1. The monoisotopic (exact) mass is 538 g/mol. The number of para-hydroxylation sites is 2. The van der Waals surface area contributed by atoms with E-state index >= 15 is 0 Å². The SMILES string of the molecule is C1=C(c2ccc(-c3ccccc3)cc2)N[C@@H](n2c3ccccc3c3ccccc32)C1c1ccc(-c2ccccc2)cc1. The van der Waals surface area contributed by atoms with Crippen LogP contribution < -0.4 is 5.32 Å². The summed E-state index contributed by atoms with van der Waals surface area (Å²) in [6, 6.07) is 56.8. The number of rotatable bonds is 5. The maximum atomic E-state index is 3.97. The Balaban J connectivity index is 1.24. The molecule has 0 aliphatic carbocycles. The summed E-state index contributed by atoms with van der Waals surface area (Å²) in [6.45, 7) is 0. The van der Waals surface area contributed by atoms with E-state index in [0.717, 1.165) is 0 Å². The van der Waals surface area contributed by atoms with E-state index in [1.54, 1.807) is 0 Å². The molecule has 0 saturated carbocycles. The minimum atomic E-state index is 0.0289. The van der Waals surface area contributed by atoms with Crippen molar-refractivity contribution in [2.45, 2.75) is 12.1 Å². The average Bonchev–Trinajstić information content (AvgIpc) is 3.65. The smallest absolute Gasteiger partial charge is 0.114 e. The average molecular weight is 539 g/mol. The lowest BCUT2D eigenvalue weighted by Gasteiger charge is -2.25. The van der Waals surface area contributed by atoms with Crippen LogP contribution in [0.1, 0.15) is 23.2 Å². The fourth-order valence-corrected chi connectivity index (χ4v) is 6.50. The van der Waals surface area contributed by atoms with Crippen LogP contribution in [0.4, 0.5) is 0 Å². The van der Waals surface area contributed by atoms with Gasteiger partial charge in [0, 0.05) is 22.4 Å². The van der Waals surface area contributed by atoms with Crippen molar-refractivity contribution in [1.29, 1.82) is 0 Å². The Morgan fingerprint density at radius 2 is 0.833 bits per heavy atom. The molecule has 2 heteroatoms. The Bertz CT molecular complexity index is 1980. The molecule has 0 saturated heterocycles. The number of fused-ring (bicyclic) bond motifs is 3. The summed E-state index contributed by atoms with van der Waals surface area (Å²) in [5, 5.41) is 6.54. The van der Waals surface area contributed by atoms with Crippen LogP contribution in [0.3, 0.4) is 0 Å². The highest BCUT2D eigenvalue weighted by molar-refractivity contribution is 6.08. The molecule has 0 bridgehead atoms. The van der Waals surface area contributed by atoms with E-state index in [9.17, 15) is 0 Å². The molecule has 0 amide bonds.